The van der Waals surface area contributed by atoms with Gasteiger partial charge in [0.05, 0.1) is 44.0 Å². The Morgan fingerprint density at radius 3 is 1.92 bits per heavy atom. The summed E-state index contributed by atoms with van der Waals surface area (Å²) < 4.78 is 92.0. The zero-order chi connectivity index (χ0) is 28.4. The topological polar surface area (TPSA) is 109 Å². The summed E-state index contributed by atoms with van der Waals surface area (Å²) in [7, 11) is -2.57. The van der Waals surface area contributed by atoms with Crippen LogP contribution in [0.25, 0.3) is 0 Å². The molecule has 0 fully saturated rings. The van der Waals surface area contributed by atoms with Gasteiger partial charge in [0, 0.05) is 29.9 Å². The summed E-state index contributed by atoms with van der Waals surface area (Å²) in [5.41, 5.74) is 4.31. The highest BCUT2D eigenvalue weighted by Gasteiger charge is 2.39. The van der Waals surface area contributed by atoms with Crippen LogP contribution in [0.5, 0.6) is 17.2 Å². The molecule has 208 valence electrons. The number of halogens is 3. The molecule has 0 bridgehead atoms. The van der Waals surface area contributed by atoms with E-state index >= 15 is 0 Å². The van der Waals surface area contributed by atoms with Crippen molar-refractivity contribution in [1.29, 1.82) is 0 Å². The minimum absolute atomic E-state index is 0.0559. The number of rotatable bonds is 10. The first-order chi connectivity index (χ1) is 16.9. The Labute approximate surface area is 217 Å². The van der Waals surface area contributed by atoms with Gasteiger partial charge in [-0.2, -0.15) is 13.2 Å². The molecule has 0 aliphatic heterocycles. The maximum Gasteiger partial charge on any atom is 0.418 e. The van der Waals surface area contributed by atoms with Crippen molar-refractivity contribution in [2.75, 3.05) is 27.1 Å². The fourth-order valence-corrected chi connectivity index (χ4v) is 5.19. The first-order valence-corrected chi connectivity index (χ1v) is 15.7. The fourth-order valence-electron chi connectivity index (χ4n) is 3.17. The molecular formula is C24H35F3N2O6SSi. The van der Waals surface area contributed by atoms with Gasteiger partial charge in [-0.1, -0.05) is 20.8 Å². The molecular weight excluding hydrogens is 529 g/mol. The molecule has 8 nitrogen and oxygen atoms in total. The monoisotopic (exact) mass is 564 g/mol. The molecule has 0 aliphatic rings. The standard InChI is InChI=1S/C24H35F3N2O6SSi/c1-23(2,3)37(7,8)35-14-15-9-17(12-19(22(15)28)24(25,26)27)36(30,31)29-13-18-20(33-5)10-16(32-4)11-21(18)34-6/h9-12,29H,13-14,28H2,1-8H3. The van der Waals surface area contributed by atoms with Crippen LogP contribution in [0.3, 0.4) is 0 Å². The van der Waals surface area contributed by atoms with Gasteiger partial charge >= 0.3 is 6.18 Å². The summed E-state index contributed by atoms with van der Waals surface area (Å²) in [6.45, 7) is 9.25. The number of nitrogens with two attached hydrogens (primary N) is 1. The van der Waals surface area contributed by atoms with E-state index < -0.39 is 40.7 Å². The summed E-state index contributed by atoms with van der Waals surface area (Å²) in [4.78, 5) is -0.589. The second kappa shape index (κ2) is 11.1. The highest BCUT2D eigenvalue weighted by molar-refractivity contribution is 7.89. The van der Waals surface area contributed by atoms with Gasteiger partial charge in [-0.25, -0.2) is 13.1 Å². The van der Waals surface area contributed by atoms with E-state index in [9.17, 15) is 21.6 Å². The van der Waals surface area contributed by atoms with E-state index in [4.69, 9.17) is 24.4 Å². The number of hydrogen-bond acceptors (Lipinski definition) is 7. The molecule has 2 aromatic carbocycles. The van der Waals surface area contributed by atoms with Gasteiger partial charge in [0.15, 0.2) is 8.32 Å². The van der Waals surface area contributed by atoms with Crippen molar-refractivity contribution in [1.82, 2.24) is 4.72 Å². The number of alkyl halides is 3. The number of anilines is 1. The summed E-state index contributed by atoms with van der Waals surface area (Å²) >= 11 is 0. The largest absolute Gasteiger partial charge is 0.496 e. The van der Waals surface area contributed by atoms with E-state index in [1.54, 1.807) is 0 Å². The Kier molecular flexibility index (Phi) is 9.22. The number of nitrogen functional groups attached to an aromatic ring is 1. The average Bonchev–Trinajstić information content (AvgIpc) is 2.79. The maximum absolute atomic E-state index is 13.8. The van der Waals surface area contributed by atoms with Gasteiger partial charge in [0.25, 0.3) is 0 Å². The molecule has 0 amide bonds. The van der Waals surface area contributed by atoms with Crippen LogP contribution in [-0.4, -0.2) is 38.1 Å². The molecule has 0 heterocycles. The van der Waals surface area contributed by atoms with Crippen molar-refractivity contribution in [3.63, 3.8) is 0 Å². The van der Waals surface area contributed by atoms with E-state index in [1.165, 1.54) is 33.5 Å². The summed E-state index contributed by atoms with van der Waals surface area (Å²) in [6, 6.07) is 4.71. The van der Waals surface area contributed by atoms with E-state index in [0.29, 0.717) is 17.4 Å². The van der Waals surface area contributed by atoms with Gasteiger partial charge in [0.1, 0.15) is 17.2 Å². The highest BCUT2D eigenvalue weighted by Crippen LogP contribution is 2.40. The van der Waals surface area contributed by atoms with Crippen molar-refractivity contribution >= 4 is 24.0 Å². The minimum Gasteiger partial charge on any atom is -0.496 e. The van der Waals surface area contributed by atoms with Crippen LogP contribution in [0.15, 0.2) is 29.2 Å². The third-order valence-corrected chi connectivity index (χ3v) is 12.4. The van der Waals surface area contributed by atoms with Crippen LogP contribution in [0.4, 0.5) is 18.9 Å². The number of methoxy groups -OCH3 is 3. The number of nitrogens with one attached hydrogen (secondary N) is 1. The summed E-state index contributed by atoms with van der Waals surface area (Å²) in [6.07, 6.45) is -4.87. The molecule has 0 aromatic heterocycles. The van der Waals surface area contributed by atoms with Crippen LogP contribution in [-0.2, 0) is 33.8 Å². The number of benzene rings is 2. The molecule has 13 heteroatoms. The summed E-state index contributed by atoms with van der Waals surface area (Å²) in [5, 5.41) is -0.212. The van der Waals surface area contributed by atoms with Crippen LogP contribution in [0.1, 0.15) is 37.5 Å². The highest BCUT2D eigenvalue weighted by atomic mass is 32.2. The fraction of sp³-hybridized carbons (Fsp3) is 0.500. The van der Waals surface area contributed by atoms with Gasteiger partial charge in [-0.3, -0.25) is 0 Å². The molecule has 2 rings (SSSR count). The van der Waals surface area contributed by atoms with Gasteiger partial charge in [-0.05, 0) is 30.3 Å². The number of hydrogen-bond donors (Lipinski definition) is 2. The van der Waals surface area contributed by atoms with E-state index in [2.05, 4.69) is 4.72 Å². The van der Waals surface area contributed by atoms with Crippen molar-refractivity contribution in [2.45, 2.75) is 63.1 Å². The van der Waals surface area contributed by atoms with Crippen molar-refractivity contribution in [2.24, 2.45) is 0 Å². The van der Waals surface area contributed by atoms with Gasteiger partial charge < -0.3 is 24.4 Å². The third-order valence-electron chi connectivity index (χ3n) is 6.51. The SMILES string of the molecule is COc1cc(OC)c(CNS(=O)(=O)c2cc(CO[Si](C)(C)C(C)(C)C)c(N)c(C(F)(F)F)c2)c(OC)c1. The molecule has 0 saturated heterocycles. The molecule has 0 saturated carbocycles. The zero-order valence-electron chi connectivity index (χ0n) is 22.3. The molecule has 0 radical (unpaired) electrons. The quantitative estimate of drug-likeness (QED) is 0.297. The predicted molar refractivity (Wildman–Crippen MR) is 138 cm³/mol. The third kappa shape index (κ3) is 7.09. The lowest BCUT2D eigenvalue weighted by Gasteiger charge is -2.36. The van der Waals surface area contributed by atoms with E-state index in [0.717, 1.165) is 6.07 Å². The maximum atomic E-state index is 13.8. The Morgan fingerprint density at radius 1 is 0.946 bits per heavy atom. The lowest BCUT2D eigenvalue weighted by atomic mass is 10.1. The first-order valence-electron chi connectivity index (χ1n) is 11.3. The van der Waals surface area contributed by atoms with E-state index in [-0.39, 0.29) is 35.3 Å². The smallest absolute Gasteiger partial charge is 0.418 e. The Hall–Kier alpha value is -2.48. The molecule has 2 aromatic rings. The van der Waals surface area contributed by atoms with Gasteiger partial charge in [0.2, 0.25) is 10.0 Å². The average molecular weight is 565 g/mol. The summed E-state index contributed by atoms with van der Waals surface area (Å²) in [5.74, 6) is 0.964. The second-order valence-corrected chi connectivity index (χ2v) is 16.5. The predicted octanol–water partition coefficient (Wildman–Crippen LogP) is 5.31. The normalized spacial score (nSPS) is 12.9. The lowest BCUT2D eigenvalue weighted by molar-refractivity contribution is -0.137. The van der Waals surface area contributed by atoms with E-state index in [1.807, 2.05) is 33.9 Å². The van der Waals surface area contributed by atoms with Gasteiger partial charge in [-0.15, -0.1) is 0 Å². The lowest BCUT2D eigenvalue weighted by Crippen LogP contribution is -2.40. The van der Waals surface area contributed by atoms with Crippen LogP contribution >= 0.6 is 0 Å². The second-order valence-electron chi connectivity index (χ2n) is 9.93. The van der Waals surface area contributed by atoms with Crippen LogP contribution < -0.4 is 24.7 Å². The van der Waals surface area contributed by atoms with Crippen molar-refractivity contribution in [3.05, 3.63) is 41.0 Å². The molecule has 0 spiro atoms. The minimum atomic E-state index is -4.87. The molecule has 0 unspecified atom stereocenters. The van der Waals surface area contributed by atoms with Crippen LogP contribution in [0.2, 0.25) is 18.1 Å². The Morgan fingerprint density at radius 2 is 1.49 bits per heavy atom. The number of sulfonamides is 1. The Bertz CT molecular complexity index is 1200. The molecule has 37 heavy (non-hydrogen) atoms. The molecule has 0 aliphatic carbocycles. The van der Waals surface area contributed by atoms with Crippen molar-refractivity contribution in [3.8, 4) is 17.2 Å². The van der Waals surface area contributed by atoms with Crippen molar-refractivity contribution < 1.29 is 40.2 Å². The first kappa shape index (κ1) is 30.7. The zero-order valence-corrected chi connectivity index (χ0v) is 24.1. The molecule has 3 N–H and O–H groups in total. The molecule has 0 atom stereocenters. The number of ether oxygens (including phenoxy) is 3. The Balaban J connectivity index is 2.50. The van der Waals surface area contributed by atoms with Crippen LogP contribution in [0, 0.1) is 0 Å².